The molecule has 0 bridgehead atoms. The summed E-state index contributed by atoms with van der Waals surface area (Å²) in [5.41, 5.74) is 3.49. The van der Waals surface area contributed by atoms with Gasteiger partial charge in [-0.15, -0.1) is 0 Å². The molecule has 0 aromatic rings. The number of aliphatic carboxylic acids is 1. The molecule has 2 amide bonds. The van der Waals surface area contributed by atoms with Crippen molar-refractivity contribution in [3.8, 4) is 0 Å². The van der Waals surface area contributed by atoms with Gasteiger partial charge in [0.25, 0.3) is 0 Å². The van der Waals surface area contributed by atoms with Crippen LogP contribution < -0.4 is 11.1 Å². The molecular weight excluding hydrogens is 188 g/mol. The van der Waals surface area contributed by atoms with Crippen molar-refractivity contribution < 1.29 is 19.5 Å². The van der Waals surface area contributed by atoms with Gasteiger partial charge in [-0.05, 0) is 12.8 Å². The fourth-order valence-electron chi connectivity index (χ4n) is 1.40. The quantitative estimate of drug-likeness (QED) is 0.497. The van der Waals surface area contributed by atoms with E-state index in [4.69, 9.17) is 10.8 Å². The van der Waals surface area contributed by atoms with Crippen molar-refractivity contribution in [3.63, 3.8) is 0 Å². The average Bonchev–Trinajstić information content (AvgIpc) is 1.97. The second-order valence-corrected chi connectivity index (χ2v) is 3.39. The lowest BCUT2D eigenvalue weighted by molar-refractivity contribution is -0.162. The number of carbonyl (C=O) groups is 3. The molecule has 14 heavy (non-hydrogen) atoms. The SMILES string of the molecule is NC(=O)CNC(=O)C1(C(=O)O)CCC1. The Morgan fingerprint density at radius 2 is 1.93 bits per heavy atom. The van der Waals surface area contributed by atoms with E-state index in [0.717, 1.165) is 6.42 Å². The normalized spacial score (nSPS) is 18.0. The number of hydrogen-bond donors (Lipinski definition) is 3. The van der Waals surface area contributed by atoms with E-state index < -0.39 is 23.2 Å². The summed E-state index contributed by atoms with van der Waals surface area (Å²) >= 11 is 0. The van der Waals surface area contributed by atoms with Crippen LogP contribution in [0.15, 0.2) is 0 Å². The molecule has 0 radical (unpaired) electrons. The molecule has 0 aromatic heterocycles. The van der Waals surface area contributed by atoms with Gasteiger partial charge in [-0.3, -0.25) is 14.4 Å². The number of carbonyl (C=O) groups excluding carboxylic acids is 2. The number of nitrogens with two attached hydrogens (primary N) is 1. The number of rotatable bonds is 4. The predicted octanol–water partition coefficient (Wildman–Crippen LogP) is -1.16. The summed E-state index contributed by atoms with van der Waals surface area (Å²) in [7, 11) is 0. The van der Waals surface area contributed by atoms with Crippen LogP contribution >= 0.6 is 0 Å². The summed E-state index contributed by atoms with van der Waals surface area (Å²) in [6.07, 6.45) is 1.37. The lowest BCUT2D eigenvalue weighted by Gasteiger charge is -2.35. The summed E-state index contributed by atoms with van der Waals surface area (Å²) in [5, 5.41) is 11.1. The Balaban J connectivity index is 2.57. The molecule has 0 unspecified atom stereocenters. The van der Waals surface area contributed by atoms with E-state index in [1.807, 2.05) is 0 Å². The van der Waals surface area contributed by atoms with Gasteiger partial charge in [-0.25, -0.2) is 0 Å². The molecule has 1 aliphatic rings. The molecule has 1 saturated carbocycles. The second kappa shape index (κ2) is 3.65. The highest BCUT2D eigenvalue weighted by molar-refractivity contribution is 6.03. The molecule has 4 N–H and O–H groups in total. The van der Waals surface area contributed by atoms with E-state index in [9.17, 15) is 14.4 Å². The van der Waals surface area contributed by atoms with Crippen LogP contribution in [-0.4, -0.2) is 29.4 Å². The lowest BCUT2D eigenvalue weighted by Crippen LogP contribution is -2.52. The molecule has 6 nitrogen and oxygen atoms in total. The molecule has 0 atom stereocenters. The largest absolute Gasteiger partial charge is 0.480 e. The Morgan fingerprint density at radius 1 is 1.36 bits per heavy atom. The molecule has 1 rings (SSSR count). The standard InChI is InChI=1S/C8H12N2O4/c9-5(11)4-10-6(12)8(7(13)14)2-1-3-8/h1-4H2,(H2,9,11)(H,10,12)(H,13,14). The fraction of sp³-hybridized carbons (Fsp3) is 0.625. The fourth-order valence-corrected chi connectivity index (χ4v) is 1.40. The summed E-state index contributed by atoms with van der Waals surface area (Å²) in [5.74, 6) is -2.43. The summed E-state index contributed by atoms with van der Waals surface area (Å²) in [4.78, 5) is 32.6. The second-order valence-electron chi connectivity index (χ2n) is 3.39. The highest BCUT2D eigenvalue weighted by Gasteiger charge is 2.51. The zero-order valence-electron chi connectivity index (χ0n) is 7.58. The van der Waals surface area contributed by atoms with Gasteiger partial charge in [0.15, 0.2) is 0 Å². The van der Waals surface area contributed by atoms with Gasteiger partial charge in [0.05, 0.1) is 6.54 Å². The number of primary amides is 1. The number of carboxylic acid groups (broad SMARTS) is 1. The third kappa shape index (κ3) is 1.68. The third-order valence-corrected chi connectivity index (χ3v) is 2.47. The van der Waals surface area contributed by atoms with Crippen LogP contribution in [0.25, 0.3) is 0 Å². The van der Waals surface area contributed by atoms with E-state index in [1.165, 1.54) is 0 Å². The van der Waals surface area contributed by atoms with Gasteiger partial charge in [0.2, 0.25) is 11.8 Å². The number of amides is 2. The van der Waals surface area contributed by atoms with Crippen LogP contribution in [0, 0.1) is 5.41 Å². The number of carboxylic acids is 1. The maximum atomic E-state index is 11.4. The minimum atomic E-state index is -1.32. The Morgan fingerprint density at radius 3 is 2.21 bits per heavy atom. The Labute approximate surface area is 80.5 Å². The molecule has 0 aliphatic heterocycles. The molecule has 6 heteroatoms. The third-order valence-electron chi connectivity index (χ3n) is 2.47. The Kier molecular flexibility index (Phi) is 2.73. The molecule has 1 fully saturated rings. The van der Waals surface area contributed by atoms with Crippen LogP contribution in [0.2, 0.25) is 0 Å². The first kappa shape index (κ1) is 10.5. The first-order valence-corrected chi connectivity index (χ1v) is 4.29. The smallest absolute Gasteiger partial charge is 0.319 e. The van der Waals surface area contributed by atoms with Crippen LogP contribution in [0.5, 0.6) is 0 Å². The summed E-state index contributed by atoms with van der Waals surface area (Å²) < 4.78 is 0. The predicted molar refractivity (Wildman–Crippen MR) is 46.1 cm³/mol. The van der Waals surface area contributed by atoms with E-state index >= 15 is 0 Å². The van der Waals surface area contributed by atoms with Gasteiger partial charge in [0.1, 0.15) is 5.41 Å². The van der Waals surface area contributed by atoms with Gasteiger partial charge in [-0.1, -0.05) is 6.42 Å². The van der Waals surface area contributed by atoms with Crippen LogP contribution in [0.3, 0.4) is 0 Å². The molecule has 1 aliphatic carbocycles. The molecule has 78 valence electrons. The molecule has 0 saturated heterocycles. The van der Waals surface area contributed by atoms with E-state index in [1.54, 1.807) is 0 Å². The minimum absolute atomic E-state index is 0.312. The minimum Gasteiger partial charge on any atom is -0.480 e. The average molecular weight is 200 g/mol. The van der Waals surface area contributed by atoms with Crippen molar-refractivity contribution in [1.29, 1.82) is 0 Å². The van der Waals surface area contributed by atoms with Crippen molar-refractivity contribution >= 4 is 17.8 Å². The van der Waals surface area contributed by atoms with E-state index in [0.29, 0.717) is 12.8 Å². The van der Waals surface area contributed by atoms with Crippen LogP contribution in [0.1, 0.15) is 19.3 Å². The zero-order valence-corrected chi connectivity index (χ0v) is 7.58. The first-order chi connectivity index (χ1) is 6.49. The highest BCUT2D eigenvalue weighted by atomic mass is 16.4. The Bertz CT molecular complexity index is 283. The molecular formula is C8H12N2O4. The van der Waals surface area contributed by atoms with Gasteiger partial charge in [-0.2, -0.15) is 0 Å². The maximum absolute atomic E-state index is 11.4. The number of hydrogen-bond acceptors (Lipinski definition) is 3. The van der Waals surface area contributed by atoms with Crippen molar-refractivity contribution in [3.05, 3.63) is 0 Å². The Hall–Kier alpha value is -1.59. The van der Waals surface area contributed by atoms with Crippen molar-refractivity contribution in [1.82, 2.24) is 5.32 Å². The lowest BCUT2D eigenvalue weighted by atomic mass is 9.68. The van der Waals surface area contributed by atoms with Crippen molar-refractivity contribution in [2.45, 2.75) is 19.3 Å². The molecule has 0 aromatic carbocycles. The topological polar surface area (TPSA) is 109 Å². The summed E-state index contributed by atoms with van der Waals surface area (Å²) in [6, 6.07) is 0. The number of nitrogens with one attached hydrogen (secondary N) is 1. The van der Waals surface area contributed by atoms with E-state index in [2.05, 4.69) is 5.32 Å². The van der Waals surface area contributed by atoms with E-state index in [-0.39, 0.29) is 6.54 Å². The van der Waals surface area contributed by atoms with Crippen LogP contribution in [0.4, 0.5) is 0 Å². The molecule has 0 heterocycles. The monoisotopic (exact) mass is 200 g/mol. The first-order valence-electron chi connectivity index (χ1n) is 4.29. The molecule has 0 spiro atoms. The van der Waals surface area contributed by atoms with Gasteiger partial charge in [0, 0.05) is 0 Å². The summed E-state index contributed by atoms with van der Waals surface area (Å²) in [6.45, 7) is -0.312. The van der Waals surface area contributed by atoms with Gasteiger partial charge < -0.3 is 16.2 Å². The highest BCUT2D eigenvalue weighted by Crippen LogP contribution is 2.41. The van der Waals surface area contributed by atoms with Crippen molar-refractivity contribution in [2.75, 3.05) is 6.54 Å². The van der Waals surface area contributed by atoms with Crippen LogP contribution in [-0.2, 0) is 14.4 Å². The van der Waals surface area contributed by atoms with Crippen molar-refractivity contribution in [2.24, 2.45) is 11.1 Å². The van der Waals surface area contributed by atoms with Gasteiger partial charge >= 0.3 is 5.97 Å². The zero-order chi connectivity index (χ0) is 10.8. The maximum Gasteiger partial charge on any atom is 0.319 e.